The minimum atomic E-state index is -0.747. The van der Waals surface area contributed by atoms with Gasteiger partial charge in [-0.05, 0) is 58.4 Å². The fourth-order valence-electron chi connectivity index (χ4n) is 4.67. The molecular weight excluding hydrogens is 563 g/mol. The molecule has 3 aromatic carbocycles. The van der Waals surface area contributed by atoms with Crippen LogP contribution in [0.15, 0.2) is 70.3 Å². The summed E-state index contributed by atoms with van der Waals surface area (Å²) in [5.74, 6) is -0.0220. The second-order valence-corrected chi connectivity index (χ2v) is 10.0. The van der Waals surface area contributed by atoms with E-state index in [1.165, 1.54) is 17.2 Å². The van der Waals surface area contributed by atoms with E-state index in [1.807, 2.05) is 36.4 Å². The van der Waals surface area contributed by atoms with E-state index >= 15 is 0 Å². The number of H-pyrrole nitrogens is 1. The molecule has 2 aliphatic heterocycles. The molecule has 7 nitrogen and oxygen atoms in total. The first-order valence-corrected chi connectivity index (χ1v) is 12.8. The number of amidine groups is 1. The predicted molar refractivity (Wildman–Crippen MR) is 143 cm³/mol. The van der Waals surface area contributed by atoms with Gasteiger partial charge in [0.15, 0.2) is 5.75 Å². The van der Waals surface area contributed by atoms with Crippen LogP contribution in [0.3, 0.4) is 0 Å². The van der Waals surface area contributed by atoms with Gasteiger partial charge in [-0.25, -0.2) is 9.38 Å². The molecule has 0 radical (unpaired) electrons. The second kappa shape index (κ2) is 9.32. The van der Waals surface area contributed by atoms with Crippen molar-refractivity contribution in [3.63, 3.8) is 0 Å². The topological polar surface area (TPSA) is 78.0 Å². The molecule has 1 saturated heterocycles. The van der Waals surface area contributed by atoms with E-state index in [0.717, 1.165) is 5.56 Å². The monoisotopic (exact) mass is 580 g/mol. The van der Waals surface area contributed by atoms with Crippen LogP contribution in [0.5, 0.6) is 11.5 Å². The number of aromatic nitrogens is 1. The predicted octanol–water partition coefficient (Wildman–Crippen LogP) is 5.93. The number of ketones is 1. The smallest absolute Gasteiger partial charge is 0.295 e. The van der Waals surface area contributed by atoms with Crippen LogP contribution in [0.1, 0.15) is 15.9 Å². The van der Waals surface area contributed by atoms with Crippen molar-refractivity contribution in [2.45, 2.75) is 0 Å². The van der Waals surface area contributed by atoms with Crippen molar-refractivity contribution in [1.82, 2.24) is 14.8 Å². The number of Topliss-reactive ketones (excluding diaryl/α,β-unsaturated/α-hetero) is 1. The molecule has 10 heteroatoms. The molecular formula is C27H19BrClFN4O3. The van der Waals surface area contributed by atoms with Gasteiger partial charge < -0.3 is 19.5 Å². The van der Waals surface area contributed by atoms with E-state index < -0.39 is 17.5 Å². The highest BCUT2D eigenvalue weighted by molar-refractivity contribution is 9.10. The number of ether oxygens (including phenoxy) is 1. The van der Waals surface area contributed by atoms with Gasteiger partial charge in [-0.3, -0.25) is 9.59 Å². The quantitative estimate of drug-likeness (QED) is 0.235. The highest BCUT2D eigenvalue weighted by Gasteiger charge is 2.32. The highest BCUT2D eigenvalue weighted by atomic mass is 79.9. The standard InChI is InChI=1S/C27H19BrClFN4O3/c28-18-6-7-19(30)23-17(14-31-24(18)23)25(35)27(36)34-11-9-33(10-12-34)26-16-13-15(29)5-8-21(16)37-22-4-2-1-3-20(22)32-26/h1-8,13-14,31H,9-12H2. The van der Waals surface area contributed by atoms with Crippen LogP contribution in [-0.2, 0) is 4.79 Å². The number of nitrogens with one attached hydrogen (secondary N) is 1. The Morgan fingerprint density at radius 3 is 2.62 bits per heavy atom. The second-order valence-electron chi connectivity index (χ2n) is 8.74. The number of aromatic amines is 1. The number of fused-ring (bicyclic) bond motifs is 3. The number of carbonyl (C=O) groups is 2. The van der Waals surface area contributed by atoms with Crippen LogP contribution in [0.25, 0.3) is 10.9 Å². The fraction of sp³-hybridized carbons (Fsp3) is 0.148. The molecule has 0 saturated carbocycles. The summed E-state index contributed by atoms with van der Waals surface area (Å²) in [6, 6.07) is 15.7. The Labute approximate surface area is 224 Å². The van der Waals surface area contributed by atoms with Crippen molar-refractivity contribution in [1.29, 1.82) is 0 Å². The minimum Gasteiger partial charge on any atom is -0.454 e. The number of para-hydroxylation sites is 2. The summed E-state index contributed by atoms with van der Waals surface area (Å²) in [5.41, 5.74) is 1.89. The highest BCUT2D eigenvalue weighted by Crippen LogP contribution is 2.39. The van der Waals surface area contributed by atoms with Gasteiger partial charge in [-0.1, -0.05) is 23.7 Å². The maximum atomic E-state index is 14.5. The number of hydrogen-bond acceptors (Lipinski definition) is 5. The van der Waals surface area contributed by atoms with E-state index in [-0.39, 0.29) is 10.9 Å². The maximum Gasteiger partial charge on any atom is 0.295 e. The number of rotatable bonds is 2. The Morgan fingerprint density at radius 2 is 1.81 bits per heavy atom. The van der Waals surface area contributed by atoms with Crippen molar-refractivity contribution in [2.24, 2.45) is 4.99 Å². The zero-order valence-corrected chi connectivity index (χ0v) is 21.6. The Morgan fingerprint density at radius 1 is 1.03 bits per heavy atom. The third-order valence-electron chi connectivity index (χ3n) is 6.53. The van der Waals surface area contributed by atoms with Crippen LogP contribution in [-0.4, -0.2) is 58.5 Å². The lowest BCUT2D eigenvalue weighted by molar-refractivity contribution is -0.127. The van der Waals surface area contributed by atoms with E-state index in [0.29, 0.717) is 64.2 Å². The number of carbonyl (C=O) groups excluding carboxylic acids is 2. The molecule has 0 aliphatic carbocycles. The van der Waals surface area contributed by atoms with E-state index in [9.17, 15) is 14.0 Å². The first kappa shape index (κ1) is 23.7. The molecule has 0 unspecified atom stereocenters. The van der Waals surface area contributed by atoms with Crippen LogP contribution in [0, 0.1) is 5.82 Å². The summed E-state index contributed by atoms with van der Waals surface area (Å²) >= 11 is 9.65. The average molecular weight is 582 g/mol. The number of benzene rings is 3. The molecule has 1 N–H and O–H groups in total. The van der Waals surface area contributed by atoms with Crippen LogP contribution in [0.2, 0.25) is 5.02 Å². The molecule has 37 heavy (non-hydrogen) atoms. The summed E-state index contributed by atoms with van der Waals surface area (Å²) in [6.45, 7) is 1.49. The van der Waals surface area contributed by atoms with Crippen LogP contribution < -0.4 is 4.74 Å². The normalized spacial score (nSPS) is 14.9. The Kier molecular flexibility index (Phi) is 5.97. The molecule has 6 rings (SSSR count). The van der Waals surface area contributed by atoms with Crippen molar-refractivity contribution >= 4 is 61.6 Å². The minimum absolute atomic E-state index is 0.0201. The molecule has 1 aromatic heterocycles. The third kappa shape index (κ3) is 4.18. The maximum absolute atomic E-state index is 14.5. The largest absolute Gasteiger partial charge is 0.454 e. The number of amides is 1. The van der Waals surface area contributed by atoms with E-state index in [2.05, 4.69) is 25.8 Å². The molecule has 1 amide bonds. The van der Waals surface area contributed by atoms with Gasteiger partial charge in [0.1, 0.15) is 23.1 Å². The SMILES string of the molecule is O=C(C(=O)N1CCN(C2=Nc3ccccc3Oc3ccc(Cl)cc32)CC1)c1c[nH]c2c(Br)ccc(F)c12. The summed E-state index contributed by atoms with van der Waals surface area (Å²) in [7, 11) is 0. The lowest BCUT2D eigenvalue weighted by Gasteiger charge is -2.36. The van der Waals surface area contributed by atoms with Gasteiger partial charge in [0.05, 0.1) is 16.6 Å². The summed E-state index contributed by atoms with van der Waals surface area (Å²) < 4.78 is 21.2. The summed E-state index contributed by atoms with van der Waals surface area (Å²) in [4.78, 5) is 37.5. The van der Waals surface area contributed by atoms with Gasteiger partial charge in [0, 0.05) is 47.3 Å². The van der Waals surface area contributed by atoms with Crippen molar-refractivity contribution < 1.29 is 18.7 Å². The summed E-state index contributed by atoms with van der Waals surface area (Å²) in [6.07, 6.45) is 1.38. The Balaban J connectivity index is 1.25. The third-order valence-corrected chi connectivity index (χ3v) is 7.43. The first-order chi connectivity index (χ1) is 17.9. The molecule has 1 fully saturated rings. The lowest BCUT2D eigenvalue weighted by Crippen LogP contribution is -2.52. The zero-order chi connectivity index (χ0) is 25.7. The number of aliphatic imine (C=N–C) groups is 1. The van der Waals surface area contributed by atoms with Gasteiger partial charge >= 0.3 is 0 Å². The number of nitrogens with zero attached hydrogens (tertiary/aromatic N) is 3. The van der Waals surface area contributed by atoms with Gasteiger partial charge in [-0.2, -0.15) is 0 Å². The van der Waals surface area contributed by atoms with Gasteiger partial charge in [-0.15, -0.1) is 0 Å². The number of piperazine rings is 1. The molecule has 0 atom stereocenters. The van der Waals surface area contributed by atoms with Crippen molar-refractivity contribution in [3.8, 4) is 11.5 Å². The van der Waals surface area contributed by atoms with Gasteiger partial charge in [0.2, 0.25) is 0 Å². The van der Waals surface area contributed by atoms with E-state index in [4.69, 9.17) is 21.3 Å². The molecule has 0 spiro atoms. The first-order valence-electron chi connectivity index (χ1n) is 11.6. The number of halogens is 3. The lowest BCUT2D eigenvalue weighted by atomic mass is 10.1. The molecule has 4 aromatic rings. The zero-order valence-electron chi connectivity index (χ0n) is 19.3. The average Bonchev–Trinajstić information content (AvgIpc) is 3.30. The number of hydrogen-bond donors (Lipinski definition) is 1. The Bertz CT molecular complexity index is 1610. The van der Waals surface area contributed by atoms with Crippen LogP contribution in [0.4, 0.5) is 10.1 Å². The Hall–Kier alpha value is -3.69. The molecule has 186 valence electrons. The summed E-state index contributed by atoms with van der Waals surface area (Å²) in [5, 5.41) is 0.657. The van der Waals surface area contributed by atoms with Crippen molar-refractivity contribution in [3.05, 3.63) is 87.2 Å². The molecule has 3 heterocycles. The van der Waals surface area contributed by atoms with Crippen molar-refractivity contribution in [2.75, 3.05) is 26.2 Å². The van der Waals surface area contributed by atoms with Crippen LogP contribution >= 0.6 is 27.5 Å². The molecule has 2 aliphatic rings. The molecule has 0 bridgehead atoms. The van der Waals surface area contributed by atoms with E-state index in [1.54, 1.807) is 12.1 Å². The fourth-order valence-corrected chi connectivity index (χ4v) is 5.28. The van der Waals surface area contributed by atoms with Gasteiger partial charge in [0.25, 0.3) is 11.7 Å².